The largest absolute Gasteiger partial charge is 0.447 e. The zero-order valence-corrected chi connectivity index (χ0v) is 10.8. The van der Waals surface area contributed by atoms with Crippen molar-refractivity contribution >= 4 is 17.5 Å². The third-order valence-electron chi connectivity index (χ3n) is 3.54. The zero-order chi connectivity index (χ0) is 13.1. The van der Waals surface area contributed by atoms with Crippen LogP contribution in [-0.2, 0) is 9.47 Å². The van der Waals surface area contributed by atoms with Crippen LogP contribution in [0.4, 0.5) is 16.2 Å². The normalized spacial score (nSPS) is 22.6. The summed E-state index contributed by atoms with van der Waals surface area (Å²) in [6.07, 6.45) is 0.854. The van der Waals surface area contributed by atoms with E-state index < -0.39 is 0 Å². The number of ether oxygens (including phenoxy) is 2. The Bertz CT molecular complexity index is 458. The van der Waals surface area contributed by atoms with Gasteiger partial charge in [-0.05, 0) is 24.6 Å². The van der Waals surface area contributed by atoms with Crippen molar-refractivity contribution in [1.29, 1.82) is 0 Å². The van der Waals surface area contributed by atoms with E-state index in [1.165, 1.54) is 0 Å². The number of hydrogen-bond acceptors (Lipinski definition) is 4. The lowest BCUT2D eigenvalue weighted by molar-refractivity contribution is 0.181. The Morgan fingerprint density at radius 3 is 3.05 bits per heavy atom. The molecular formula is C14H18N2O3. The molecule has 0 radical (unpaired) electrons. The van der Waals surface area contributed by atoms with Gasteiger partial charge in [0.05, 0.1) is 13.2 Å². The highest BCUT2D eigenvalue weighted by atomic mass is 16.6. The number of carbonyl (C=O) groups excluding carboxylic acids is 1. The molecule has 0 aliphatic carbocycles. The SMILES string of the molecule is O=C1OCCN1c1cccc(NCC2CCOC2)c1. The first-order valence-corrected chi connectivity index (χ1v) is 6.69. The van der Waals surface area contributed by atoms with Crippen LogP contribution < -0.4 is 10.2 Å². The van der Waals surface area contributed by atoms with E-state index >= 15 is 0 Å². The summed E-state index contributed by atoms with van der Waals surface area (Å²) >= 11 is 0. The molecule has 19 heavy (non-hydrogen) atoms. The lowest BCUT2D eigenvalue weighted by Gasteiger charge is -2.15. The van der Waals surface area contributed by atoms with E-state index in [4.69, 9.17) is 9.47 Å². The first-order chi connectivity index (χ1) is 9.33. The van der Waals surface area contributed by atoms with Gasteiger partial charge in [-0.2, -0.15) is 0 Å². The van der Waals surface area contributed by atoms with Crippen LogP contribution in [0.15, 0.2) is 24.3 Å². The van der Waals surface area contributed by atoms with Gasteiger partial charge in [-0.25, -0.2) is 4.79 Å². The van der Waals surface area contributed by atoms with E-state index in [9.17, 15) is 4.79 Å². The van der Waals surface area contributed by atoms with E-state index in [0.29, 0.717) is 19.1 Å². The van der Waals surface area contributed by atoms with Gasteiger partial charge in [-0.3, -0.25) is 4.90 Å². The number of nitrogens with one attached hydrogen (secondary N) is 1. The van der Waals surface area contributed by atoms with E-state index in [0.717, 1.165) is 37.6 Å². The summed E-state index contributed by atoms with van der Waals surface area (Å²) in [5.41, 5.74) is 1.92. The number of benzene rings is 1. The second-order valence-electron chi connectivity index (χ2n) is 4.93. The minimum Gasteiger partial charge on any atom is -0.447 e. The second kappa shape index (κ2) is 5.48. The molecule has 1 amide bonds. The molecule has 1 aromatic rings. The Balaban J connectivity index is 1.63. The molecule has 0 saturated carbocycles. The molecule has 1 atom stereocenters. The van der Waals surface area contributed by atoms with Crippen molar-refractivity contribution in [1.82, 2.24) is 0 Å². The fraction of sp³-hybridized carbons (Fsp3) is 0.500. The summed E-state index contributed by atoms with van der Waals surface area (Å²) in [6.45, 7) is 3.71. The van der Waals surface area contributed by atoms with E-state index in [-0.39, 0.29) is 6.09 Å². The predicted octanol–water partition coefficient (Wildman–Crippen LogP) is 2.09. The number of anilines is 2. The molecular weight excluding hydrogens is 244 g/mol. The lowest BCUT2D eigenvalue weighted by Crippen LogP contribution is -2.23. The van der Waals surface area contributed by atoms with E-state index in [1.54, 1.807) is 4.90 Å². The zero-order valence-electron chi connectivity index (χ0n) is 10.8. The Kier molecular flexibility index (Phi) is 3.55. The number of rotatable bonds is 4. The lowest BCUT2D eigenvalue weighted by atomic mass is 10.1. The topological polar surface area (TPSA) is 50.8 Å². The van der Waals surface area contributed by atoms with Crippen LogP contribution in [0.25, 0.3) is 0 Å². The summed E-state index contributed by atoms with van der Waals surface area (Å²) in [5, 5.41) is 3.41. The number of nitrogens with zero attached hydrogens (tertiary/aromatic N) is 1. The average Bonchev–Trinajstić information content (AvgIpc) is 3.08. The highest BCUT2D eigenvalue weighted by molar-refractivity contribution is 5.89. The number of amides is 1. The standard InChI is InChI=1S/C14H18N2O3/c17-14-16(5-7-19-14)13-3-1-2-12(8-13)15-9-11-4-6-18-10-11/h1-3,8,11,15H,4-7,9-10H2. The average molecular weight is 262 g/mol. The van der Waals surface area contributed by atoms with Crippen molar-refractivity contribution in [3.05, 3.63) is 24.3 Å². The highest BCUT2D eigenvalue weighted by Crippen LogP contribution is 2.23. The van der Waals surface area contributed by atoms with Gasteiger partial charge in [-0.1, -0.05) is 6.07 Å². The molecule has 1 unspecified atom stereocenters. The Morgan fingerprint density at radius 2 is 2.32 bits per heavy atom. The fourth-order valence-electron chi connectivity index (χ4n) is 2.42. The maximum atomic E-state index is 11.5. The van der Waals surface area contributed by atoms with Crippen LogP contribution in [0.3, 0.4) is 0 Å². The Morgan fingerprint density at radius 1 is 1.37 bits per heavy atom. The first kappa shape index (κ1) is 12.3. The monoisotopic (exact) mass is 262 g/mol. The van der Waals surface area contributed by atoms with Gasteiger partial charge in [0.1, 0.15) is 6.61 Å². The van der Waals surface area contributed by atoms with Crippen molar-refractivity contribution in [2.45, 2.75) is 6.42 Å². The minimum atomic E-state index is -0.263. The quantitative estimate of drug-likeness (QED) is 0.902. The van der Waals surface area contributed by atoms with Crippen LogP contribution in [0.5, 0.6) is 0 Å². The summed E-state index contributed by atoms with van der Waals surface area (Å²) in [5.74, 6) is 0.584. The third kappa shape index (κ3) is 2.81. The third-order valence-corrected chi connectivity index (χ3v) is 3.54. The van der Waals surface area contributed by atoms with Gasteiger partial charge in [0.25, 0.3) is 0 Å². The van der Waals surface area contributed by atoms with Crippen molar-refractivity contribution in [2.75, 3.05) is 43.1 Å². The molecule has 5 heteroatoms. The maximum Gasteiger partial charge on any atom is 0.414 e. The molecule has 0 aromatic heterocycles. The summed E-state index contributed by atoms with van der Waals surface area (Å²) in [6, 6.07) is 7.88. The summed E-state index contributed by atoms with van der Waals surface area (Å²) in [7, 11) is 0. The molecule has 2 fully saturated rings. The van der Waals surface area contributed by atoms with Crippen LogP contribution in [0.2, 0.25) is 0 Å². The number of cyclic esters (lactones) is 1. The Hall–Kier alpha value is -1.75. The van der Waals surface area contributed by atoms with Crippen LogP contribution in [0, 0.1) is 5.92 Å². The molecule has 0 bridgehead atoms. The minimum absolute atomic E-state index is 0.263. The summed E-state index contributed by atoms with van der Waals surface area (Å²) < 4.78 is 10.3. The Labute approximate surface area is 112 Å². The van der Waals surface area contributed by atoms with Gasteiger partial charge in [0, 0.05) is 30.4 Å². The fourth-order valence-corrected chi connectivity index (χ4v) is 2.42. The number of hydrogen-bond donors (Lipinski definition) is 1. The van der Waals surface area contributed by atoms with Crippen molar-refractivity contribution in [3.63, 3.8) is 0 Å². The van der Waals surface area contributed by atoms with Crippen molar-refractivity contribution < 1.29 is 14.3 Å². The maximum absolute atomic E-state index is 11.5. The van der Waals surface area contributed by atoms with Crippen LogP contribution in [-0.4, -0.2) is 39.0 Å². The predicted molar refractivity (Wildman–Crippen MR) is 72.6 cm³/mol. The van der Waals surface area contributed by atoms with Gasteiger partial charge in [0.15, 0.2) is 0 Å². The van der Waals surface area contributed by atoms with E-state index in [1.807, 2.05) is 24.3 Å². The van der Waals surface area contributed by atoms with Gasteiger partial charge >= 0.3 is 6.09 Å². The van der Waals surface area contributed by atoms with E-state index in [2.05, 4.69) is 5.32 Å². The van der Waals surface area contributed by atoms with Crippen molar-refractivity contribution in [2.24, 2.45) is 5.92 Å². The van der Waals surface area contributed by atoms with Crippen LogP contribution in [0.1, 0.15) is 6.42 Å². The molecule has 0 spiro atoms. The number of carbonyl (C=O) groups is 1. The van der Waals surface area contributed by atoms with Gasteiger partial charge in [-0.15, -0.1) is 0 Å². The molecule has 2 saturated heterocycles. The van der Waals surface area contributed by atoms with Gasteiger partial charge < -0.3 is 14.8 Å². The molecule has 5 nitrogen and oxygen atoms in total. The summed E-state index contributed by atoms with van der Waals surface area (Å²) in [4.78, 5) is 13.2. The molecule has 2 aliphatic rings. The van der Waals surface area contributed by atoms with Crippen LogP contribution >= 0.6 is 0 Å². The molecule has 3 rings (SSSR count). The smallest absolute Gasteiger partial charge is 0.414 e. The molecule has 2 heterocycles. The van der Waals surface area contributed by atoms with Crippen molar-refractivity contribution in [3.8, 4) is 0 Å². The molecule has 1 N–H and O–H groups in total. The molecule has 102 valence electrons. The molecule has 2 aliphatic heterocycles. The van der Waals surface area contributed by atoms with Gasteiger partial charge in [0.2, 0.25) is 0 Å². The molecule has 1 aromatic carbocycles. The highest BCUT2D eigenvalue weighted by Gasteiger charge is 2.23. The second-order valence-corrected chi connectivity index (χ2v) is 4.93. The first-order valence-electron chi connectivity index (χ1n) is 6.69.